The van der Waals surface area contributed by atoms with Gasteiger partial charge in [0.25, 0.3) is 12.3 Å². The Bertz CT molecular complexity index is 1430. The molecule has 0 saturated heterocycles. The highest BCUT2D eigenvalue weighted by atomic mass is 32.1. The van der Waals surface area contributed by atoms with Crippen molar-refractivity contribution in [3.05, 3.63) is 39.0 Å². The molecule has 3 heterocycles. The maximum atomic E-state index is 13.5. The van der Waals surface area contributed by atoms with Crippen LogP contribution in [-0.4, -0.2) is 49.0 Å². The molecule has 6 rings (SSSR count). The van der Waals surface area contributed by atoms with Gasteiger partial charge in [0.15, 0.2) is 0 Å². The van der Waals surface area contributed by atoms with Crippen LogP contribution < -0.4 is 10.6 Å². The molecule has 0 bridgehead atoms. The number of aromatic nitrogens is 5. The van der Waals surface area contributed by atoms with E-state index in [-0.39, 0.29) is 41.7 Å². The predicted octanol–water partition coefficient (Wildman–Crippen LogP) is 4.73. The highest BCUT2D eigenvalue weighted by Crippen LogP contribution is 2.43. The number of hydrogen-bond donors (Lipinski definition) is 2. The monoisotopic (exact) mass is 575 g/mol. The van der Waals surface area contributed by atoms with E-state index in [1.54, 1.807) is 24.7 Å². The number of carbonyl (C=O) groups is 2. The number of alkyl halides is 3. The van der Waals surface area contributed by atoms with Crippen molar-refractivity contribution in [2.45, 2.75) is 70.5 Å². The summed E-state index contributed by atoms with van der Waals surface area (Å²) in [4.78, 5) is 28.4. The molecule has 2 fully saturated rings. The van der Waals surface area contributed by atoms with Crippen molar-refractivity contribution in [1.82, 2.24) is 29.9 Å². The molecule has 0 unspecified atom stereocenters. The van der Waals surface area contributed by atoms with Crippen molar-refractivity contribution in [3.8, 4) is 0 Å². The highest BCUT2D eigenvalue weighted by molar-refractivity contribution is 7.12. The molecule has 13 heteroatoms. The van der Waals surface area contributed by atoms with E-state index < -0.39 is 12.6 Å². The molecule has 1 amide bonds. The second kappa shape index (κ2) is 10.6. The van der Waals surface area contributed by atoms with Crippen molar-refractivity contribution < 1.29 is 22.8 Å². The van der Waals surface area contributed by atoms with E-state index in [1.165, 1.54) is 10.7 Å². The highest BCUT2D eigenvalue weighted by Gasteiger charge is 2.40. The molecule has 2 saturated carbocycles. The van der Waals surface area contributed by atoms with Gasteiger partial charge in [0.05, 0.1) is 5.56 Å². The first-order valence-corrected chi connectivity index (χ1v) is 14.6. The zero-order valence-electron chi connectivity index (χ0n) is 22.4. The second-order valence-corrected chi connectivity index (χ2v) is 12.6. The summed E-state index contributed by atoms with van der Waals surface area (Å²) >= 11 is 1.55. The summed E-state index contributed by atoms with van der Waals surface area (Å²) in [5.41, 5.74) is 1.18. The summed E-state index contributed by atoms with van der Waals surface area (Å²) in [5, 5.41) is 18.1. The van der Waals surface area contributed by atoms with Gasteiger partial charge in [0, 0.05) is 47.8 Å². The number of carbonyl (C=O) groups excluding carboxylic acids is 2. The maximum absolute atomic E-state index is 13.5. The van der Waals surface area contributed by atoms with Gasteiger partial charge < -0.3 is 10.6 Å². The molecule has 40 heavy (non-hydrogen) atoms. The van der Waals surface area contributed by atoms with E-state index in [9.17, 15) is 22.8 Å². The fourth-order valence-corrected chi connectivity index (χ4v) is 7.24. The molecule has 214 valence electrons. The molecular formula is C27H32F3N7O2S. The summed E-state index contributed by atoms with van der Waals surface area (Å²) in [6, 6.07) is 1.20. The average molecular weight is 576 g/mol. The largest absolute Gasteiger partial charge is 0.352 e. The Morgan fingerprint density at radius 3 is 2.70 bits per heavy atom. The Kier molecular flexibility index (Phi) is 7.18. The molecular weight excluding hydrogens is 543 g/mol. The van der Waals surface area contributed by atoms with Crippen LogP contribution >= 0.6 is 11.3 Å². The standard InChI is InChI=1S/C27H32F3N7O2S/c1-13-5-17(13)20(38)10-22-24(26(39)31-11-14-6-15(28)7-14)18-8-16(3-4-21(18)40-22)37-12-32-34-27(37)33-23-9-19(25(29)30)35-36(23)2/h9,12-17,25H,3-8,10-11H2,1-2H3,(H,31,39)(H,33,34)/t13-,14?,15?,16-,17-/m0/s1. The van der Waals surface area contributed by atoms with Gasteiger partial charge in [0.1, 0.15) is 29.8 Å². The Balaban J connectivity index is 1.24. The maximum Gasteiger partial charge on any atom is 0.282 e. The summed E-state index contributed by atoms with van der Waals surface area (Å²) in [6.07, 6.45) is 2.24. The third kappa shape index (κ3) is 5.27. The Hall–Kier alpha value is -3.22. The predicted molar refractivity (Wildman–Crippen MR) is 143 cm³/mol. The normalized spacial score (nSPS) is 25.4. The number of hydrogen-bond acceptors (Lipinski definition) is 7. The summed E-state index contributed by atoms with van der Waals surface area (Å²) in [7, 11) is 1.57. The average Bonchev–Trinajstić information content (AvgIpc) is 3.21. The van der Waals surface area contributed by atoms with Crippen LogP contribution in [0.1, 0.15) is 76.4 Å². The fourth-order valence-electron chi connectivity index (χ4n) is 5.88. The minimum Gasteiger partial charge on any atom is -0.352 e. The van der Waals surface area contributed by atoms with Crippen molar-refractivity contribution >= 4 is 34.8 Å². The number of aryl methyl sites for hydroxylation is 2. The Morgan fingerprint density at radius 1 is 1.25 bits per heavy atom. The first kappa shape index (κ1) is 27.0. The topological polar surface area (TPSA) is 107 Å². The van der Waals surface area contributed by atoms with Gasteiger partial charge in [-0.1, -0.05) is 6.92 Å². The van der Waals surface area contributed by atoms with Gasteiger partial charge in [-0.05, 0) is 55.9 Å². The number of anilines is 2. The minimum absolute atomic E-state index is 0.0718. The molecule has 3 aliphatic carbocycles. The number of halogens is 3. The Labute approximate surface area is 233 Å². The second-order valence-electron chi connectivity index (χ2n) is 11.4. The van der Waals surface area contributed by atoms with Crippen molar-refractivity contribution in [3.63, 3.8) is 0 Å². The van der Waals surface area contributed by atoms with E-state index in [0.717, 1.165) is 34.6 Å². The van der Waals surface area contributed by atoms with E-state index in [1.807, 2.05) is 4.57 Å². The van der Waals surface area contributed by atoms with Crippen molar-refractivity contribution in [2.75, 3.05) is 11.9 Å². The van der Waals surface area contributed by atoms with Crippen LogP contribution in [-0.2, 0) is 31.1 Å². The van der Waals surface area contributed by atoms with Gasteiger partial charge >= 0.3 is 0 Å². The molecule has 0 aromatic carbocycles. The molecule has 0 aliphatic heterocycles. The minimum atomic E-state index is -2.69. The molecule has 3 aromatic heterocycles. The smallest absolute Gasteiger partial charge is 0.282 e. The number of nitrogens with zero attached hydrogens (tertiary/aromatic N) is 5. The van der Waals surface area contributed by atoms with Gasteiger partial charge in [0.2, 0.25) is 5.95 Å². The number of nitrogens with one attached hydrogen (secondary N) is 2. The van der Waals surface area contributed by atoms with Crippen LogP contribution in [0.25, 0.3) is 0 Å². The Morgan fingerprint density at radius 2 is 2.02 bits per heavy atom. The van der Waals surface area contributed by atoms with Crippen LogP contribution in [0.4, 0.5) is 24.9 Å². The molecule has 9 nitrogen and oxygen atoms in total. The van der Waals surface area contributed by atoms with E-state index in [4.69, 9.17) is 0 Å². The van der Waals surface area contributed by atoms with Gasteiger partial charge in [-0.15, -0.1) is 21.5 Å². The third-order valence-corrected chi connectivity index (χ3v) is 9.74. The third-order valence-electron chi connectivity index (χ3n) is 8.45. The summed E-state index contributed by atoms with van der Waals surface area (Å²) in [5.74, 6) is 1.33. The molecule has 0 radical (unpaired) electrons. The molecule has 3 atom stereocenters. The first-order chi connectivity index (χ1) is 19.2. The van der Waals surface area contributed by atoms with E-state index in [2.05, 4.69) is 32.9 Å². The van der Waals surface area contributed by atoms with E-state index >= 15 is 0 Å². The van der Waals surface area contributed by atoms with E-state index in [0.29, 0.717) is 49.1 Å². The van der Waals surface area contributed by atoms with Crippen LogP contribution in [0.5, 0.6) is 0 Å². The number of thiophene rings is 1. The molecule has 0 spiro atoms. The number of fused-ring (bicyclic) bond motifs is 1. The number of rotatable bonds is 10. The lowest BCUT2D eigenvalue weighted by Gasteiger charge is -2.29. The number of ketones is 1. The lowest BCUT2D eigenvalue weighted by atomic mass is 9.83. The molecule has 3 aliphatic rings. The number of Topliss-reactive ketones (excluding diaryl/α,β-unsaturated/α-hetero) is 1. The van der Waals surface area contributed by atoms with Gasteiger partial charge in [-0.3, -0.25) is 18.8 Å². The lowest BCUT2D eigenvalue weighted by Crippen LogP contribution is -2.37. The van der Waals surface area contributed by atoms with Crippen LogP contribution in [0.15, 0.2) is 12.4 Å². The van der Waals surface area contributed by atoms with Gasteiger partial charge in [-0.25, -0.2) is 13.2 Å². The summed E-state index contributed by atoms with van der Waals surface area (Å²) in [6.45, 7) is 2.49. The zero-order chi connectivity index (χ0) is 28.1. The molecule has 3 aromatic rings. The van der Waals surface area contributed by atoms with Gasteiger partial charge in [-0.2, -0.15) is 5.10 Å². The summed E-state index contributed by atoms with van der Waals surface area (Å²) < 4.78 is 42.8. The van der Waals surface area contributed by atoms with Crippen molar-refractivity contribution in [2.24, 2.45) is 24.8 Å². The SMILES string of the molecule is C[C@H]1C[C@@H]1C(=O)Cc1sc2c(c1C(=O)NCC1CC(F)C1)C[C@@H](n1cnnc1Nc1cc(C(F)F)nn1C)CC2. The lowest BCUT2D eigenvalue weighted by molar-refractivity contribution is -0.119. The number of amides is 1. The van der Waals surface area contributed by atoms with Crippen LogP contribution in [0.3, 0.4) is 0 Å². The fraction of sp³-hybridized carbons (Fsp3) is 0.593. The zero-order valence-corrected chi connectivity index (χ0v) is 23.2. The molecule has 2 N–H and O–H groups in total. The van der Waals surface area contributed by atoms with Crippen LogP contribution in [0.2, 0.25) is 0 Å². The van der Waals surface area contributed by atoms with Crippen LogP contribution in [0, 0.1) is 17.8 Å². The van der Waals surface area contributed by atoms with Crippen molar-refractivity contribution in [1.29, 1.82) is 0 Å². The first-order valence-electron chi connectivity index (χ1n) is 13.7. The quantitative estimate of drug-likeness (QED) is 0.362.